The third-order valence-corrected chi connectivity index (χ3v) is 7.47. The van der Waals surface area contributed by atoms with Crippen LogP contribution in [0.2, 0.25) is 0 Å². The van der Waals surface area contributed by atoms with Crippen LogP contribution < -0.4 is 16.0 Å². The zero-order valence-electron chi connectivity index (χ0n) is 25.3. The van der Waals surface area contributed by atoms with Crippen molar-refractivity contribution in [1.29, 1.82) is 0 Å². The van der Waals surface area contributed by atoms with Gasteiger partial charge in [0.1, 0.15) is 24.1 Å². The van der Waals surface area contributed by atoms with Gasteiger partial charge in [0.05, 0.1) is 18.5 Å². The minimum absolute atomic E-state index is 0.0358. The van der Waals surface area contributed by atoms with E-state index in [0.717, 1.165) is 25.0 Å². The second-order valence-electron chi connectivity index (χ2n) is 10.6. The number of benzene rings is 3. The number of aromatic nitrogens is 4. The third kappa shape index (κ3) is 7.62. The van der Waals surface area contributed by atoms with Gasteiger partial charge in [-0.05, 0) is 72.7 Å². The molecule has 0 spiro atoms. The molecule has 0 bridgehead atoms. The van der Waals surface area contributed by atoms with Crippen molar-refractivity contribution in [1.82, 2.24) is 19.7 Å². The largest absolute Gasteiger partial charge is 0.508 e. The first-order chi connectivity index (χ1) is 21.9. The van der Waals surface area contributed by atoms with Crippen LogP contribution in [0.25, 0.3) is 28.2 Å². The lowest BCUT2D eigenvalue weighted by molar-refractivity contribution is 0.0206. The Bertz CT molecular complexity index is 1780. The molecule has 6 rings (SSSR count). The number of nitrogens with two attached hydrogens (primary N) is 1. The maximum Gasteiger partial charge on any atom is 0.417 e. The zero-order chi connectivity index (χ0) is 31.8. The number of methoxy groups -OCH3 is 1. The van der Waals surface area contributed by atoms with Gasteiger partial charge in [0.25, 0.3) is 5.56 Å². The molecule has 3 aromatic carbocycles. The van der Waals surface area contributed by atoms with E-state index in [0.29, 0.717) is 45.9 Å². The Kier molecular flexibility index (Phi) is 10.3. The Morgan fingerprint density at radius 1 is 1.09 bits per heavy atom. The Hall–Kier alpha value is -4.87. The van der Waals surface area contributed by atoms with Gasteiger partial charge in [-0.1, -0.05) is 54.9 Å². The number of rotatable bonds is 8. The number of nitrogens with zero attached hydrogens (tertiary/aromatic N) is 4. The van der Waals surface area contributed by atoms with Crippen molar-refractivity contribution in [2.75, 3.05) is 13.7 Å². The quantitative estimate of drug-likeness (QED) is 0.222. The van der Waals surface area contributed by atoms with Crippen LogP contribution in [0.3, 0.4) is 0 Å². The van der Waals surface area contributed by atoms with Crippen LogP contribution >= 0.6 is 0 Å². The fourth-order valence-corrected chi connectivity index (χ4v) is 5.10. The maximum absolute atomic E-state index is 15.5. The van der Waals surface area contributed by atoms with Crippen LogP contribution in [0.1, 0.15) is 49.4 Å². The molecule has 0 saturated carbocycles. The molecular weight excluding hydrogens is 577 g/mol. The Balaban J connectivity index is 0.000000505. The van der Waals surface area contributed by atoms with Gasteiger partial charge in [0.2, 0.25) is 5.82 Å². The van der Waals surface area contributed by atoms with Gasteiger partial charge in [-0.25, -0.2) is 9.37 Å². The highest BCUT2D eigenvalue weighted by Crippen LogP contribution is 2.32. The number of ether oxygens (including phenoxy) is 2. The minimum atomic E-state index is -0.440. The summed E-state index contributed by atoms with van der Waals surface area (Å²) in [4.78, 5) is 22.2. The van der Waals surface area contributed by atoms with E-state index < -0.39 is 5.82 Å². The van der Waals surface area contributed by atoms with Gasteiger partial charge >= 0.3 is 6.08 Å². The van der Waals surface area contributed by atoms with E-state index >= 15 is 4.39 Å². The van der Waals surface area contributed by atoms with E-state index in [1.54, 1.807) is 18.2 Å². The van der Waals surface area contributed by atoms with Gasteiger partial charge in [-0.15, -0.1) is 0 Å². The molecule has 1 unspecified atom stereocenters. The number of aromatic hydroxyl groups is 1. The molecule has 234 valence electrons. The highest BCUT2D eigenvalue weighted by atomic mass is 19.1. The highest BCUT2D eigenvalue weighted by molar-refractivity contribution is 5.80. The van der Waals surface area contributed by atoms with Crippen molar-refractivity contribution in [3.05, 3.63) is 106 Å². The van der Waals surface area contributed by atoms with Crippen LogP contribution in [0, 0.1) is 5.82 Å². The lowest BCUT2D eigenvalue weighted by atomic mass is 9.96. The molecule has 3 heterocycles. The number of hydrogen-bond acceptors (Lipinski definition) is 9. The molecule has 5 aromatic rings. The molecule has 3 N–H and O–H groups in total. The van der Waals surface area contributed by atoms with Crippen LogP contribution in [0.4, 0.5) is 4.39 Å². The van der Waals surface area contributed by atoms with E-state index in [1.165, 1.54) is 49.0 Å². The molecule has 0 aliphatic carbocycles. The summed E-state index contributed by atoms with van der Waals surface area (Å²) in [5, 5.41) is 13.6. The summed E-state index contributed by atoms with van der Waals surface area (Å²) >= 11 is 0. The monoisotopic (exact) mass is 613 g/mol. The molecule has 11 heteroatoms. The van der Waals surface area contributed by atoms with Crippen LogP contribution in [-0.4, -0.2) is 44.7 Å². The fraction of sp³-hybridized carbons (Fsp3) is 0.294. The average molecular weight is 614 g/mol. The van der Waals surface area contributed by atoms with E-state index in [-0.39, 0.29) is 30.0 Å². The molecule has 1 aliphatic heterocycles. The molecule has 2 aromatic heterocycles. The standard InChI is InChI=1S/C29H25FN4O4.C5H11NO/c1-3-6-26-24(28(36)34(17-31-26)20-11-13-21(35)14-12-20)15-19-10-9-18(16-25(19)30)22-7-4-5-8-23(22)27-32-29(37-2)38-33-27;6-5-3-1-2-4-7-5/h4-5,7-14,16-17,35H,3,6,15H2,1-2H3;5H,1-4,6H2. The summed E-state index contributed by atoms with van der Waals surface area (Å²) in [5.74, 6) is -0.0130. The number of aryl methyl sites for hydroxylation is 1. The molecule has 10 nitrogen and oxygen atoms in total. The maximum atomic E-state index is 15.5. The summed E-state index contributed by atoms with van der Waals surface area (Å²) in [6.07, 6.45) is 6.50. The summed E-state index contributed by atoms with van der Waals surface area (Å²) in [6, 6.07) is 18.6. The lowest BCUT2D eigenvalue weighted by Crippen LogP contribution is -2.27. The van der Waals surface area contributed by atoms with E-state index in [4.69, 9.17) is 19.7 Å². The SMILES string of the molecule is CCCc1ncn(-c2ccc(O)cc2)c(=O)c1Cc1ccc(-c2ccccc2-c2noc(OC)n2)cc1F.NC1CCCCO1. The first-order valence-electron chi connectivity index (χ1n) is 14.9. The van der Waals surface area contributed by atoms with Gasteiger partial charge < -0.3 is 20.3 Å². The highest BCUT2D eigenvalue weighted by Gasteiger charge is 2.18. The van der Waals surface area contributed by atoms with Crippen LogP contribution in [0.15, 0.2) is 82.4 Å². The van der Waals surface area contributed by atoms with Crippen molar-refractivity contribution in [3.8, 4) is 40.0 Å². The molecule has 1 aliphatic rings. The lowest BCUT2D eigenvalue weighted by Gasteiger charge is -2.17. The second-order valence-corrected chi connectivity index (χ2v) is 10.6. The second kappa shape index (κ2) is 14.7. The van der Waals surface area contributed by atoms with Gasteiger partial charge in [0.15, 0.2) is 0 Å². The first kappa shape index (κ1) is 31.6. The van der Waals surface area contributed by atoms with E-state index in [9.17, 15) is 9.90 Å². The van der Waals surface area contributed by atoms with E-state index in [2.05, 4.69) is 15.1 Å². The van der Waals surface area contributed by atoms with E-state index in [1.807, 2.05) is 37.3 Å². The Morgan fingerprint density at radius 2 is 1.87 bits per heavy atom. The summed E-state index contributed by atoms with van der Waals surface area (Å²) in [6.45, 7) is 2.87. The van der Waals surface area contributed by atoms with Crippen molar-refractivity contribution in [2.24, 2.45) is 5.73 Å². The average Bonchev–Trinajstić information content (AvgIpc) is 3.54. The van der Waals surface area contributed by atoms with Gasteiger partial charge in [0, 0.05) is 24.2 Å². The van der Waals surface area contributed by atoms with Gasteiger partial charge in [-0.2, -0.15) is 4.98 Å². The Labute approximate surface area is 260 Å². The first-order valence-corrected chi connectivity index (χ1v) is 14.9. The van der Waals surface area contributed by atoms with Crippen LogP contribution in [-0.2, 0) is 17.6 Å². The van der Waals surface area contributed by atoms with Crippen molar-refractivity contribution in [3.63, 3.8) is 0 Å². The predicted octanol–water partition coefficient (Wildman–Crippen LogP) is 5.82. The summed E-state index contributed by atoms with van der Waals surface area (Å²) in [7, 11) is 1.44. The summed E-state index contributed by atoms with van der Waals surface area (Å²) in [5.41, 5.74) is 9.20. The predicted molar refractivity (Wildman–Crippen MR) is 168 cm³/mol. The number of halogens is 1. The van der Waals surface area contributed by atoms with Crippen molar-refractivity contribution >= 4 is 0 Å². The Morgan fingerprint density at radius 3 is 2.49 bits per heavy atom. The molecular formula is C34H36FN5O5. The van der Waals surface area contributed by atoms with Crippen molar-refractivity contribution < 1.29 is 23.5 Å². The molecule has 1 atom stereocenters. The fourth-order valence-electron chi connectivity index (χ4n) is 5.10. The molecule has 0 amide bonds. The molecule has 1 fully saturated rings. The zero-order valence-corrected chi connectivity index (χ0v) is 25.3. The number of phenols is 1. The summed E-state index contributed by atoms with van der Waals surface area (Å²) < 4.78 is 32.0. The number of hydrogen-bond donors (Lipinski definition) is 2. The van der Waals surface area contributed by atoms with Crippen molar-refractivity contribution in [2.45, 2.75) is 51.7 Å². The minimum Gasteiger partial charge on any atom is -0.508 e. The van der Waals surface area contributed by atoms with Crippen LogP contribution in [0.5, 0.6) is 11.8 Å². The normalized spacial score (nSPS) is 14.4. The molecule has 0 radical (unpaired) electrons. The third-order valence-electron chi connectivity index (χ3n) is 7.47. The smallest absolute Gasteiger partial charge is 0.417 e. The van der Waals surface area contributed by atoms with Gasteiger partial charge in [-0.3, -0.25) is 13.9 Å². The topological polar surface area (TPSA) is 139 Å². The molecule has 1 saturated heterocycles. The molecule has 45 heavy (non-hydrogen) atoms. The number of phenolic OH excluding ortho intramolecular Hbond substituents is 1.